The largest absolute Gasteiger partial charge is 0.418 e. The van der Waals surface area contributed by atoms with Crippen molar-refractivity contribution in [2.45, 2.75) is 12.7 Å². The third-order valence-electron chi connectivity index (χ3n) is 2.88. The van der Waals surface area contributed by atoms with E-state index in [-0.39, 0.29) is 23.4 Å². The molecule has 0 fully saturated rings. The average molecular weight is 294 g/mol. The number of benzene rings is 2. The van der Waals surface area contributed by atoms with Crippen LogP contribution in [0, 0.1) is 17.1 Å². The molecule has 21 heavy (non-hydrogen) atoms. The number of alkyl halides is 3. The maximum absolute atomic E-state index is 13.6. The highest BCUT2D eigenvalue weighted by Crippen LogP contribution is 2.34. The van der Waals surface area contributed by atoms with Crippen molar-refractivity contribution in [3.63, 3.8) is 0 Å². The van der Waals surface area contributed by atoms with Crippen LogP contribution in [-0.2, 0) is 12.7 Å². The smallest absolute Gasteiger partial charge is 0.380 e. The fourth-order valence-corrected chi connectivity index (χ4v) is 1.85. The van der Waals surface area contributed by atoms with Gasteiger partial charge in [-0.1, -0.05) is 12.1 Å². The summed E-state index contributed by atoms with van der Waals surface area (Å²) in [5.41, 5.74) is -0.572. The van der Waals surface area contributed by atoms with Crippen molar-refractivity contribution in [1.29, 1.82) is 5.26 Å². The summed E-state index contributed by atoms with van der Waals surface area (Å²) >= 11 is 0. The molecule has 2 aromatic rings. The summed E-state index contributed by atoms with van der Waals surface area (Å²) in [4.78, 5) is 0. The second-order valence-electron chi connectivity index (χ2n) is 4.31. The molecular weight excluding hydrogens is 284 g/mol. The lowest BCUT2D eigenvalue weighted by Gasteiger charge is -2.14. The Labute approximate surface area is 118 Å². The van der Waals surface area contributed by atoms with Crippen molar-refractivity contribution < 1.29 is 17.6 Å². The molecule has 108 valence electrons. The SMILES string of the molecule is N#Cc1ccc(F)c(CNc2ccccc2C(F)(F)F)c1. The Morgan fingerprint density at radius 3 is 2.48 bits per heavy atom. The summed E-state index contributed by atoms with van der Waals surface area (Å²) in [5, 5.41) is 11.3. The number of para-hydroxylation sites is 1. The Bertz CT molecular complexity index is 687. The van der Waals surface area contributed by atoms with Crippen LogP contribution in [0.15, 0.2) is 42.5 Å². The van der Waals surface area contributed by atoms with Crippen molar-refractivity contribution in [2.24, 2.45) is 0 Å². The molecule has 6 heteroatoms. The van der Waals surface area contributed by atoms with E-state index >= 15 is 0 Å². The number of nitrogens with zero attached hydrogens (tertiary/aromatic N) is 1. The van der Waals surface area contributed by atoms with Crippen LogP contribution in [-0.4, -0.2) is 0 Å². The van der Waals surface area contributed by atoms with Crippen LogP contribution in [0.3, 0.4) is 0 Å². The monoisotopic (exact) mass is 294 g/mol. The molecular formula is C15H10F4N2. The third-order valence-corrected chi connectivity index (χ3v) is 2.88. The maximum atomic E-state index is 13.6. The quantitative estimate of drug-likeness (QED) is 0.855. The first kappa shape index (κ1) is 14.9. The molecule has 2 rings (SSSR count). The number of hydrogen-bond donors (Lipinski definition) is 1. The lowest BCUT2D eigenvalue weighted by Crippen LogP contribution is -2.11. The molecule has 0 aromatic heterocycles. The molecule has 0 unspecified atom stereocenters. The minimum Gasteiger partial charge on any atom is -0.380 e. The Morgan fingerprint density at radius 1 is 1.10 bits per heavy atom. The fourth-order valence-electron chi connectivity index (χ4n) is 1.85. The van der Waals surface area contributed by atoms with Crippen LogP contribution in [0.2, 0.25) is 0 Å². The van der Waals surface area contributed by atoms with E-state index in [1.807, 2.05) is 6.07 Å². The molecule has 2 aromatic carbocycles. The van der Waals surface area contributed by atoms with Gasteiger partial charge in [-0.25, -0.2) is 4.39 Å². The van der Waals surface area contributed by atoms with Crippen LogP contribution >= 0.6 is 0 Å². The predicted molar refractivity (Wildman–Crippen MR) is 69.9 cm³/mol. The molecule has 0 saturated carbocycles. The van der Waals surface area contributed by atoms with Crippen LogP contribution in [0.4, 0.5) is 23.2 Å². The highest BCUT2D eigenvalue weighted by Gasteiger charge is 2.33. The summed E-state index contributed by atoms with van der Waals surface area (Å²) in [5.74, 6) is -0.578. The van der Waals surface area contributed by atoms with Gasteiger partial charge in [-0.15, -0.1) is 0 Å². The van der Waals surface area contributed by atoms with E-state index in [4.69, 9.17) is 5.26 Å². The van der Waals surface area contributed by atoms with Crippen molar-refractivity contribution in [3.8, 4) is 6.07 Å². The lowest BCUT2D eigenvalue weighted by molar-refractivity contribution is -0.136. The zero-order valence-electron chi connectivity index (χ0n) is 10.7. The zero-order valence-corrected chi connectivity index (χ0v) is 10.7. The van der Waals surface area contributed by atoms with E-state index in [0.29, 0.717) is 0 Å². The second-order valence-corrected chi connectivity index (χ2v) is 4.31. The van der Waals surface area contributed by atoms with E-state index in [2.05, 4.69) is 5.32 Å². The number of nitriles is 1. The van der Waals surface area contributed by atoms with E-state index in [0.717, 1.165) is 12.1 Å². The van der Waals surface area contributed by atoms with Crippen molar-refractivity contribution in [2.75, 3.05) is 5.32 Å². The van der Waals surface area contributed by atoms with Gasteiger partial charge in [0.15, 0.2) is 0 Å². The molecule has 0 atom stereocenters. The van der Waals surface area contributed by atoms with Crippen LogP contribution < -0.4 is 5.32 Å². The van der Waals surface area contributed by atoms with Crippen LogP contribution in [0.5, 0.6) is 0 Å². The van der Waals surface area contributed by atoms with E-state index in [1.54, 1.807) is 0 Å². The summed E-state index contributed by atoms with van der Waals surface area (Å²) in [6.07, 6.45) is -4.49. The van der Waals surface area contributed by atoms with Gasteiger partial charge in [0.25, 0.3) is 0 Å². The molecule has 0 radical (unpaired) electrons. The molecule has 0 saturated heterocycles. The number of rotatable bonds is 3. The Morgan fingerprint density at radius 2 is 1.81 bits per heavy atom. The first-order valence-corrected chi connectivity index (χ1v) is 6.00. The number of hydrogen-bond acceptors (Lipinski definition) is 2. The molecule has 0 aliphatic rings. The highest BCUT2D eigenvalue weighted by molar-refractivity contribution is 5.53. The maximum Gasteiger partial charge on any atom is 0.418 e. The molecule has 0 amide bonds. The van der Waals surface area contributed by atoms with Crippen molar-refractivity contribution in [1.82, 2.24) is 0 Å². The van der Waals surface area contributed by atoms with Gasteiger partial charge in [-0.05, 0) is 30.3 Å². The minimum atomic E-state index is -4.49. The molecule has 0 spiro atoms. The standard InChI is InChI=1S/C15H10F4N2/c16-13-6-5-10(8-20)7-11(13)9-21-14-4-2-1-3-12(14)15(17,18)19/h1-7,21H,9H2. The minimum absolute atomic E-state index is 0.131. The lowest BCUT2D eigenvalue weighted by atomic mass is 10.1. The van der Waals surface area contributed by atoms with Crippen molar-refractivity contribution in [3.05, 3.63) is 65.0 Å². The van der Waals surface area contributed by atoms with Crippen LogP contribution in [0.1, 0.15) is 16.7 Å². The van der Waals surface area contributed by atoms with Crippen LogP contribution in [0.25, 0.3) is 0 Å². The molecule has 1 N–H and O–H groups in total. The summed E-state index contributed by atoms with van der Waals surface area (Å²) in [6.45, 7) is -0.144. The molecule has 0 bridgehead atoms. The predicted octanol–water partition coefficient (Wildman–Crippen LogP) is 4.33. The highest BCUT2D eigenvalue weighted by atomic mass is 19.4. The third kappa shape index (κ3) is 3.51. The summed E-state index contributed by atoms with van der Waals surface area (Å²) in [7, 11) is 0. The first-order valence-electron chi connectivity index (χ1n) is 6.00. The van der Waals surface area contributed by atoms with Gasteiger partial charge in [0.1, 0.15) is 5.82 Å². The fraction of sp³-hybridized carbons (Fsp3) is 0.133. The molecule has 0 aliphatic heterocycles. The Hall–Kier alpha value is -2.55. The average Bonchev–Trinajstić information content (AvgIpc) is 2.46. The topological polar surface area (TPSA) is 35.8 Å². The van der Waals surface area contributed by atoms with Crippen molar-refractivity contribution >= 4 is 5.69 Å². The van der Waals surface area contributed by atoms with E-state index < -0.39 is 17.6 Å². The summed E-state index contributed by atoms with van der Waals surface area (Å²) < 4.78 is 52.0. The van der Waals surface area contributed by atoms with E-state index in [9.17, 15) is 17.6 Å². The number of anilines is 1. The zero-order chi connectivity index (χ0) is 15.5. The number of halogens is 4. The van der Waals surface area contributed by atoms with Gasteiger partial charge in [-0.3, -0.25) is 0 Å². The van der Waals surface area contributed by atoms with Gasteiger partial charge < -0.3 is 5.32 Å². The van der Waals surface area contributed by atoms with Gasteiger partial charge in [0, 0.05) is 17.8 Å². The van der Waals surface area contributed by atoms with Gasteiger partial charge >= 0.3 is 6.18 Å². The Balaban J connectivity index is 2.24. The van der Waals surface area contributed by atoms with Gasteiger partial charge in [-0.2, -0.15) is 18.4 Å². The van der Waals surface area contributed by atoms with Gasteiger partial charge in [0.05, 0.1) is 17.2 Å². The normalized spacial score (nSPS) is 11.0. The number of nitrogens with one attached hydrogen (secondary N) is 1. The first-order chi connectivity index (χ1) is 9.91. The molecule has 2 nitrogen and oxygen atoms in total. The molecule has 0 heterocycles. The summed E-state index contributed by atoms with van der Waals surface area (Å²) in [6, 6.07) is 10.5. The van der Waals surface area contributed by atoms with E-state index in [1.165, 1.54) is 30.3 Å². The van der Waals surface area contributed by atoms with Gasteiger partial charge in [0.2, 0.25) is 0 Å². The Kier molecular flexibility index (Phi) is 4.13. The second kappa shape index (κ2) is 5.83. The molecule has 0 aliphatic carbocycles.